The van der Waals surface area contributed by atoms with Crippen LogP contribution in [0.4, 0.5) is 11.4 Å². The largest absolute Gasteiger partial charge is 1.00 e. The molecule has 1 fully saturated rings. The fourth-order valence-electron chi connectivity index (χ4n) is 4.17. The average molecular weight is 489 g/mol. The van der Waals surface area contributed by atoms with E-state index in [1.165, 1.54) is 17.0 Å². The molecular formula is C23H22ClN6NaO3. The molecular weight excluding hydrogens is 467 g/mol. The number of nitrogens with zero attached hydrogens (tertiary/aromatic N) is 6. The molecule has 3 aliphatic rings. The van der Waals surface area contributed by atoms with Crippen molar-refractivity contribution in [2.24, 2.45) is 9.98 Å². The van der Waals surface area contributed by atoms with Crippen molar-refractivity contribution in [2.75, 3.05) is 44.7 Å². The van der Waals surface area contributed by atoms with Gasteiger partial charge in [0.15, 0.2) is 0 Å². The fourth-order valence-corrected chi connectivity index (χ4v) is 4.40. The Kier molecular flexibility index (Phi) is 7.20. The number of hydrogen-bond acceptors (Lipinski definition) is 7. The Hall–Kier alpha value is -2.56. The second-order valence-electron chi connectivity index (χ2n) is 8.13. The third-order valence-corrected chi connectivity index (χ3v) is 6.30. The van der Waals surface area contributed by atoms with E-state index in [2.05, 4.69) is 21.8 Å². The molecule has 2 aromatic carbocycles. The quantitative estimate of drug-likeness (QED) is 0.263. The standard InChI is InChI=1S/C23H21ClN6O3.Na.H/c1-27-8-10-28(11-9-27)14-19-23(31)29-20-7-6-15(30(32)33)12-17(20)22(25-13-21(29)26-19)16-4-2-3-5-18(16)24;;/h2-7,12,14H,8-11,13H2,1H3;;/q;+1;-1/b19-14-;;. The molecule has 1 saturated heterocycles. The summed E-state index contributed by atoms with van der Waals surface area (Å²) in [5.41, 5.74) is 2.36. The van der Waals surface area contributed by atoms with Gasteiger partial charge >= 0.3 is 29.6 Å². The number of amidine groups is 1. The summed E-state index contributed by atoms with van der Waals surface area (Å²) in [6, 6.07) is 11.6. The Labute approximate surface area is 225 Å². The van der Waals surface area contributed by atoms with Crippen LogP contribution in [0.5, 0.6) is 0 Å². The van der Waals surface area contributed by atoms with Crippen molar-refractivity contribution < 1.29 is 40.7 Å². The van der Waals surface area contributed by atoms with Crippen LogP contribution >= 0.6 is 11.6 Å². The zero-order valence-electron chi connectivity index (χ0n) is 19.9. The molecule has 0 unspecified atom stereocenters. The Morgan fingerprint density at radius 2 is 1.85 bits per heavy atom. The number of fused-ring (bicyclic) bond motifs is 3. The Morgan fingerprint density at radius 1 is 1.12 bits per heavy atom. The summed E-state index contributed by atoms with van der Waals surface area (Å²) in [5, 5.41) is 12.0. The van der Waals surface area contributed by atoms with Crippen molar-refractivity contribution >= 4 is 40.4 Å². The number of rotatable bonds is 3. The van der Waals surface area contributed by atoms with Crippen molar-refractivity contribution in [3.05, 3.63) is 80.6 Å². The summed E-state index contributed by atoms with van der Waals surface area (Å²) in [6.45, 7) is 3.60. The van der Waals surface area contributed by atoms with Crippen LogP contribution in [0.1, 0.15) is 12.6 Å². The van der Waals surface area contributed by atoms with Crippen LogP contribution in [-0.4, -0.2) is 71.9 Å². The average Bonchev–Trinajstić information content (AvgIpc) is 3.01. The van der Waals surface area contributed by atoms with Gasteiger partial charge in [-0.05, 0) is 19.2 Å². The maximum atomic E-state index is 13.4. The van der Waals surface area contributed by atoms with Crippen LogP contribution in [0, 0.1) is 10.1 Å². The van der Waals surface area contributed by atoms with Crippen LogP contribution in [0.15, 0.2) is 64.3 Å². The SMILES string of the molecule is CN1CCN(/C=C2\N=C3CN=C(c4ccccc4Cl)c4cc([N+](=O)[O-])ccc4N3C2=O)CC1.[H-].[Na+]. The third-order valence-electron chi connectivity index (χ3n) is 5.97. The van der Waals surface area contributed by atoms with Crippen LogP contribution in [0.25, 0.3) is 0 Å². The van der Waals surface area contributed by atoms with E-state index >= 15 is 0 Å². The number of likely N-dealkylation sites (N-methyl/N-ethyl adjacent to an activating group) is 1. The minimum Gasteiger partial charge on any atom is -1.00 e. The molecule has 9 nitrogen and oxygen atoms in total. The predicted octanol–water partition coefficient (Wildman–Crippen LogP) is 0.0496. The number of halogens is 1. The number of carbonyl (C=O) groups is 1. The second kappa shape index (κ2) is 9.97. The maximum Gasteiger partial charge on any atom is 1.00 e. The molecule has 3 aliphatic heterocycles. The van der Waals surface area contributed by atoms with E-state index in [9.17, 15) is 14.9 Å². The Balaban J connectivity index is 0.00000171. The first-order valence-electron chi connectivity index (χ1n) is 10.6. The van der Waals surface area contributed by atoms with Crippen molar-refractivity contribution in [3.8, 4) is 0 Å². The molecule has 0 aromatic heterocycles. The molecule has 11 heteroatoms. The molecule has 3 heterocycles. The van der Waals surface area contributed by atoms with Gasteiger partial charge in [-0.2, -0.15) is 0 Å². The van der Waals surface area contributed by atoms with E-state index in [4.69, 9.17) is 16.6 Å². The fraction of sp³-hybridized carbons (Fsp3) is 0.261. The summed E-state index contributed by atoms with van der Waals surface area (Å²) >= 11 is 6.43. The number of nitro groups is 1. The second-order valence-corrected chi connectivity index (χ2v) is 8.53. The molecule has 1 amide bonds. The van der Waals surface area contributed by atoms with Crippen LogP contribution in [0.2, 0.25) is 5.02 Å². The number of piperazine rings is 1. The zero-order valence-corrected chi connectivity index (χ0v) is 21.7. The number of benzene rings is 2. The van der Waals surface area contributed by atoms with Gasteiger partial charge in [0.1, 0.15) is 11.5 Å². The van der Waals surface area contributed by atoms with E-state index in [1.54, 1.807) is 24.4 Å². The van der Waals surface area contributed by atoms with Gasteiger partial charge in [0.25, 0.3) is 11.6 Å². The number of non-ortho nitro benzene ring substituents is 1. The molecule has 0 N–H and O–H groups in total. The molecule has 0 aliphatic carbocycles. The topological polar surface area (TPSA) is 94.7 Å². The molecule has 5 rings (SSSR count). The predicted molar refractivity (Wildman–Crippen MR) is 128 cm³/mol. The van der Waals surface area contributed by atoms with Crippen LogP contribution in [0.3, 0.4) is 0 Å². The molecule has 0 spiro atoms. The Bertz CT molecular complexity index is 1260. The summed E-state index contributed by atoms with van der Waals surface area (Å²) in [7, 11) is 2.07. The van der Waals surface area contributed by atoms with Gasteiger partial charge in [-0.3, -0.25) is 24.8 Å². The van der Waals surface area contributed by atoms with Crippen LogP contribution < -0.4 is 34.5 Å². The number of hydrogen-bond donors (Lipinski definition) is 0. The molecule has 34 heavy (non-hydrogen) atoms. The number of amides is 1. The molecule has 0 bridgehead atoms. The molecule has 0 saturated carbocycles. The van der Waals surface area contributed by atoms with Crippen molar-refractivity contribution in [2.45, 2.75) is 0 Å². The van der Waals surface area contributed by atoms with Crippen molar-refractivity contribution in [1.82, 2.24) is 9.80 Å². The summed E-state index contributed by atoms with van der Waals surface area (Å²) in [6.07, 6.45) is 1.81. The van der Waals surface area contributed by atoms with Gasteiger partial charge in [0.2, 0.25) is 0 Å². The van der Waals surface area contributed by atoms with E-state index in [0.29, 0.717) is 39.1 Å². The molecule has 0 atom stereocenters. The normalized spacial score (nSPS) is 19.1. The first kappa shape index (κ1) is 24.6. The van der Waals surface area contributed by atoms with E-state index in [-0.39, 0.29) is 49.1 Å². The van der Waals surface area contributed by atoms with Gasteiger partial charge in [-0.15, -0.1) is 0 Å². The van der Waals surface area contributed by atoms with Crippen LogP contribution in [-0.2, 0) is 4.79 Å². The van der Waals surface area contributed by atoms with E-state index in [1.807, 2.05) is 12.1 Å². The van der Waals surface area contributed by atoms with E-state index < -0.39 is 4.92 Å². The zero-order chi connectivity index (χ0) is 23.1. The number of anilines is 1. The smallest absolute Gasteiger partial charge is 1.00 e. The Morgan fingerprint density at radius 3 is 2.56 bits per heavy atom. The van der Waals surface area contributed by atoms with Gasteiger partial charge in [0, 0.05) is 60.7 Å². The van der Waals surface area contributed by atoms with Crippen molar-refractivity contribution in [3.63, 3.8) is 0 Å². The molecule has 2 aromatic rings. The number of aliphatic imine (C=N–C) groups is 2. The maximum absolute atomic E-state index is 13.4. The van der Waals surface area contributed by atoms with Crippen molar-refractivity contribution in [1.29, 1.82) is 0 Å². The molecule has 0 radical (unpaired) electrons. The van der Waals surface area contributed by atoms with E-state index in [0.717, 1.165) is 26.2 Å². The van der Waals surface area contributed by atoms with Gasteiger partial charge < -0.3 is 11.2 Å². The minimum absolute atomic E-state index is 0. The summed E-state index contributed by atoms with van der Waals surface area (Å²) < 4.78 is 0. The summed E-state index contributed by atoms with van der Waals surface area (Å²) in [4.78, 5) is 39.6. The molecule has 170 valence electrons. The summed E-state index contributed by atoms with van der Waals surface area (Å²) in [5.74, 6) is 0.215. The third kappa shape index (κ3) is 4.54. The van der Waals surface area contributed by atoms with Gasteiger partial charge in [-0.25, -0.2) is 4.99 Å². The number of nitro benzene ring substituents is 1. The monoisotopic (exact) mass is 488 g/mol. The number of carbonyl (C=O) groups excluding carboxylic acids is 1. The van der Waals surface area contributed by atoms with Gasteiger partial charge in [0.05, 0.1) is 22.9 Å². The first-order valence-corrected chi connectivity index (χ1v) is 10.9. The minimum atomic E-state index is -0.463. The van der Waals surface area contributed by atoms with Gasteiger partial charge in [-0.1, -0.05) is 29.8 Å². The first-order chi connectivity index (χ1) is 15.9.